The summed E-state index contributed by atoms with van der Waals surface area (Å²) in [5.74, 6) is -0.583. The van der Waals surface area contributed by atoms with Gasteiger partial charge in [0.1, 0.15) is 5.82 Å². The second kappa shape index (κ2) is 6.48. The fraction of sp³-hybridized carbons (Fsp3) is 0.250. The van der Waals surface area contributed by atoms with Crippen molar-refractivity contribution in [3.8, 4) is 5.75 Å². The molecule has 0 aliphatic carbocycles. The van der Waals surface area contributed by atoms with E-state index in [4.69, 9.17) is 4.74 Å². The van der Waals surface area contributed by atoms with Crippen molar-refractivity contribution >= 4 is 0 Å². The number of benzene rings is 2. The van der Waals surface area contributed by atoms with Crippen LogP contribution in [0.5, 0.6) is 5.75 Å². The third kappa shape index (κ3) is 2.96. The molecule has 1 N–H and O–H groups in total. The maximum absolute atomic E-state index is 14.4. The molecule has 2 rings (SSSR count). The molecule has 0 amide bonds. The number of ether oxygens (including phenoxy) is 1. The second-order valence-electron chi connectivity index (χ2n) is 4.41. The van der Waals surface area contributed by atoms with Gasteiger partial charge in [-0.1, -0.05) is 31.2 Å². The SMILES string of the molecule is CCNC(c1cccc(F)c1)c1cccc(OC)c1F. The van der Waals surface area contributed by atoms with Gasteiger partial charge in [0.25, 0.3) is 0 Å². The molecule has 0 radical (unpaired) electrons. The number of nitrogens with one attached hydrogen (secondary N) is 1. The van der Waals surface area contributed by atoms with Gasteiger partial charge in [-0.15, -0.1) is 0 Å². The van der Waals surface area contributed by atoms with E-state index in [0.29, 0.717) is 17.7 Å². The Morgan fingerprint density at radius 3 is 2.55 bits per heavy atom. The van der Waals surface area contributed by atoms with Gasteiger partial charge in [-0.25, -0.2) is 8.78 Å². The minimum absolute atomic E-state index is 0.182. The average Bonchev–Trinajstić information content (AvgIpc) is 2.45. The first-order chi connectivity index (χ1) is 9.67. The predicted molar refractivity (Wildman–Crippen MR) is 74.9 cm³/mol. The number of halogens is 2. The van der Waals surface area contributed by atoms with Crippen LogP contribution < -0.4 is 10.1 Å². The first-order valence-corrected chi connectivity index (χ1v) is 6.48. The zero-order valence-corrected chi connectivity index (χ0v) is 11.5. The summed E-state index contributed by atoms with van der Waals surface area (Å²) in [6.07, 6.45) is 0. The third-order valence-corrected chi connectivity index (χ3v) is 3.11. The van der Waals surface area contributed by atoms with Crippen LogP contribution >= 0.6 is 0 Å². The smallest absolute Gasteiger partial charge is 0.170 e. The molecule has 2 aromatic carbocycles. The first kappa shape index (κ1) is 14.5. The Labute approximate surface area is 117 Å². The molecular formula is C16H17F2NO. The van der Waals surface area contributed by atoms with E-state index in [1.807, 2.05) is 6.92 Å². The molecule has 0 saturated heterocycles. The van der Waals surface area contributed by atoms with E-state index in [9.17, 15) is 8.78 Å². The lowest BCUT2D eigenvalue weighted by atomic mass is 9.97. The molecule has 0 saturated carbocycles. The molecule has 1 atom stereocenters. The van der Waals surface area contributed by atoms with Crippen molar-refractivity contribution in [1.29, 1.82) is 0 Å². The summed E-state index contributed by atoms with van der Waals surface area (Å²) in [5, 5.41) is 3.17. The summed E-state index contributed by atoms with van der Waals surface area (Å²) in [4.78, 5) is 0. The van der Waals surface area contributed by atoms with Crippen LogP contribution in [0.25, 0.3) is 0 Å². The Morgan fingerprint density at radius 1 is 1.15 bits per heavy atom. The van der Waals surface area contributed by atoms with E-state index >= 15 is 0 Å². The van der Waals surface area contributed by atoms with Crippen molar-refractivity contribution in [3.05, 3.63) is 65.2 Å². The van der Waals surface area contributed by atoms with Crippen LogP contribution in [0.3, 0.4) is 0 Å². The van der Waals surface area contributed by atoms with E-state index in [-0.39, 0.29) is 11.6 Å². The molecule has 0 aliphatic rings. The molecule has 4 heteroatoms. The number of hydrogen-bond donors (Lipinski definition) is 1. The van der Waals surface area contributed by atoms with Crippen molar-refractivity contribution in [2.45, 2.75) is 13.0 Å². The predicted octanol–water partition coefficient (Wildman–Crippen LogP) is 3.67. The number of rotatable bonds is 5. The van der Waals surface area contributed by atoms with Gasteiger partial charge >= 0.3 is 0 Å². The van der Waals surface area contributed by atoms with Crippen LogP contribution in [-0.4, -0.2) is 13.7 Å². The van der Waals surface area contributed by atoms with Gasteiger partial charge in [0.15, 0.2) is 11.6 Å². The Kier molecular flexibility index (Phi) is 4.69. The Balaban J connectivity index is 2.48. The minimum atomic E-state index is -0.426. The van der Waals surface area contributed by atoms with Crippen LogP contribution in [0.15, 0.2) is 42.5 Å². The molecule has 0 spiro atoms. The summed E-state index contributed by atoms with van der Waals surface area (Å²) < 4.78 is 32.8. The van der Waals surface area contributed by atoms with E-state index in [1.165, 1.54) is 19.2 Å². The second-order valence-corrected chi connectivity index (χ2v) is 4.41. The van der Waals surface area contributed by atoms with E-state index in [1.54, 1.807) is 30.3 Å². The lowest BCUT2D eigenvalue weighted by Gasteiger charge is -2.20. The lowest BCUT2D eigenvalue weighted by Crippen LogP contribution is -2.23. The summed E-state index contributed by atoms with van der Waals surface area (Å²) in [6.45, 7) is 2.56. The summed E-state index contributed by atoms with van der Waals surface area (Å²) >= 11 is 0. The molecule has 2 aromatic rings. The summed E-state index contributed by atoms with van der Waals surface area (Å²) in [5.41, 5.74) is 1.12. The van der Waals surface area contributed by atoms with E-state index in [2.05, 4.69) is 5.32 Å². The summed E-state index contributed by atoms with van der Waals surface area (Å²) in [7, 11) is 1.42. The molecule has 20 heavy (non-hydrogen) atoms. The van der Waals surface area contributed by atoms with Crippen LogP contribution in [-0.2, 0) is 0 Å². The van der Waals surface area contributed by atoms with Crippen LogP contribution in [0.2, 0.25) is 0 Å². The maximum atomic E-state index is 14.4. The van der Waals surface area contributed by atoms with Gasteiger partial charge in [0, 0.05) is 5.56 Å². The highest BCUT2D eigenvalue weighted by Gasteiger charge is 2.19. The summed E-state index contributed by atoms with van der Waals surface area (Å²) in [6, 6.07) is 10.7. The topological polar surface area (TPSA) is 21.3 Å². The molecule has 0 bridgehead atoms. The van der Waals surface area contributed by atoms with Crippen LogP contribution in [0, 0.1) is 11.6 Å². The monoisotopic (exact) mass is 277 g/mol. The average molecular weight is 277 g/mol. The molecule has 0 aliphatic heterocycles. The zero-order chi connectivity index (χ0) is 14.5. The molecule has 2 nitrogen and oxygen atoms in total. The molecular weight excluding hydrogens is 260 g/mol. The third-order valence-electron chi connectivity index (χ3n) is 3.11. The Morgan fingerprint density at radius 2 is 1.90 bits per heavy atom. The van der Waals surface area contributed by atoms with Gasteiger partial charge in [-0.3, -0.25) is 0 Å². The van der Waals surface area contributed by atoms with E-state index < -0.39 is 11.9 Å². The standard InChI is InChI=1S/C16H17F2NO/c1-3-19-16(11-6-4-7-12(17)10-11)13-8-5-9-14(20-2)15(13)18/h4-10,16,19H,3H2,1-2H3. The highest BCUT2D eigenvalue weighted by molar-refractivity contribution is 5.38. The first-order valence-electron chi connectivity index (χ1n) is 6.48. The highest BCUT2D eigenvalue weighted by atomic mass is 19.1. The molecule has 106 valence electrons. The normalized spacial score (nSPS) is 12.2. The largest absolute Gasteiger partial charge is 0.494 e. The van der Waals surface area contributed by atoms with Gasteiger partial charge in [0.05, 0.1) is 13.2 Å². The molecule has 0 fully saturated rings. The Bertz CT molecular complexity index is 586. The maximum Gasteiger partial charge on any atom is 0.170 e. The molecule has 0 heterocycles. The lowest BCUT2D eigenvalue weighted by molar-refractivity contribution is 0.381. The van der Waals surface area contributed by atoms with Crippen molar-refractivity contribution in [2.75, 3.05) is 13.7 Å². The quantitative estimate of drug-likeness (QED) is 0.900. The van der Waals surface area contributed by atoms with E-state index in [0.717, 1.165) is 0 Å². The van der Waals surface area contributed by atoms with Crippen molar-refractivity contribution in [2.24, 2.45) is 0 Å². The molecule has 1 unspecified atom stereocenters. The van der Waals surface area contributed by atoms with Crippen LogP contribution in [0.1, 0.15) is 24.1 Å². The molecule has 0 aromatic heterocycles. The van der Waals surface area contributed by atoms with Crippen molar-refractivity contribution in [3.63, 3.8) is 0 Å². The highest BCUT2D eigenvalue weighted by Crippen LogP contribution is 2.29. The van der Waals surface area contributed by atoms with Gasteiger partial charge < -0.3 is 10.1 Å². The van der Waals surface area contributed by atoms with Crippen molar-refractivity contribution < 1.29 is 13.5 Å². The van der Waals surface area contributed by atoms with Gasteiger partial charge in [0.2, 0.25) is 0 Å². The van der Waals surface area contributed by atoms with Crippen LogP contribution in [0.4, 0.5) is 8.78 Å². The zero-order valence-electron chi connectivity index (χ0n) is 11.5. The van der Waals surface area contributed by atoms with Gasteiger partial charge in [-0.05, 0) is 30.3 Å². The minimum Gasteiger partial charge on any atom is -0.494 e. The fourth-order valence-corrected chi connectivity index (χ4v) is 2.21. The van der Waals surface area contributed by atoms with Crippen molar-refractivity contribution in [1.82, 2.24) is 5.32 Å². The number of hydrogen-bond acceptors (Lipinski definition) is 2. The fourth-order valence-electron chi connectivity index (χ4n) is 2.21. The Hall–Kier alpha value is -1.94. The number of methoxy groups -OCH3 is 1. The van der Waals surface area contributed by atoms with Gasteiger partial charge in [-0.2, -0.15) is 0 Å².